The van der Waals surface area contributed by atoms with E-state index in [1.54, 1.807) is 0 Å². The summed E-state index contributed by atoms with van der Waals surface area (Å²) in [5.41, 5.74) is 7.30. The van der Waals surface area contributed by atoms with Crippen molar-refractivity contribution in [2.45, 2.75) is 19.6 Å². The molecule has 0 aliphatic carbocycles. The maximum absolute atomic E-state index is 8.49. The first-order valence-electron chi connectivity index (χ1n) is 12.6. The Morgan fingerprint density at radius 1 is 0.591 bits per heavy atom. The van der Waals surface area contributed by atoms with Crippen molar-refractivity contribution in [3.05, 3.63) is 139 Å². The van der Waals surface area contributed by atoms with Gasteiger partial charge in [0.15, 0.2) is 0 Å². The van der Waals surface area contributed by atoms with Crippen molar-refractivity contribution in [3.63, 3.8) is 0 Å². The summed E-state index contributed by atoms with van der Waals surface area (Å²) in [6, 6.07) is 39.1. The first kappa shape index (κ1) is 37.9. The van der Waals surface area contributed by atoms with E-state index in [4.69, 9.17) is 38.5 Å². The fourth-order valence-electron chi connectivity index (χ4n) is 4.02. The van der Waals surface area contributed by atoms with Crippen molar-refractivity contribution in [1.29, 1.82) is 0 Å². The van der Waals surface area contributed by atoms with Crippen LogP contribution in [0.4, 0.5) is 0 Å². The number of carboxylic acid groups (broad SMARTS) is 1. The molecule has 13 heteroatoms. The van der Waals surface area contributed by atoms with Gasteiger partial charge in [0.1, 0.15) is 0 Å². The van der Waals surface area contributed by atoms with Crippen molar-refractivity contribution in [2.75, 3.05) is 0 Å². The molecular formula is C31H30ClN4NiO7+2. The van der Waals surface area contributed by atoms with Crippen molar-refractivity contribution in [2.24, 2.45) is 0 Å². The molecule has 2 aromatic carbocycles. The summed E-state index contributed by atoms with van der Waals surface area (Å²) in [4.78, 5) is 25.0. The number of carbonyl (C=O) groups is 1. The summed E-state index contributed by atoms with van der Waals surface area (Å²) >= 11 is 0. The minimum atomic E-state index is -4.94. The molecule has 11 nitrogen and oxygen atoms in total. The second-order valence-electron chi connectivity index (χ2n) is 8.70. The molecule has 0 aliphatic heterocycles. The van der Waals surface area contributed by atoms with Crippen molar-refractivity contribution in [1.82, 2.24) is 19.9 Å². The van der Waals surface area contributed by atoms with Crippen LogP contribution in [0.2, 0.25) is 0 Å². The van der Waals surface area contributed by atoms with Crippen LogP contribution in [0.25, 0.3) is 22.5 Å². The molecule has 0 amide bonds. The number of pyridine rings is 3. The van der Waals surface area contributed by atoms with Gasteiger partial charge in [-0.1, -0.05) is 78.9 Å². The SMILES string of the molecule is O=C[O-].[Ni+3].[O-][Cl+3]([O-])([O-])[O-].[OH3+].c1ccc(-c2cccc(CN(Cc3ccccn3)Cc3cccc(-c4ccccc4)n3)n2)cc1. The quantitative estimate of drug-likeness (QED) is 0.113. The normalized spacial score (nSPS) is 10.1. The molecule has 44 heavy (non-hydrogen) atoms. The molecule has 231 valence electrons. The smallest absolute Gasteiger partial charge is 0.554 e. The first-order chi connectivity index (χ1) is 20.2. The summed E-state index contributed by atoms with van der Waals surface area (Å²) < 4.78 is 34.0. The monoisotopic (exact) mass is 663 g/mol. The molecular weight excluding hydrogens is 635 g/mol. The van der Waals surface area contributed by atoms with E-state index in [1.807, 2.05) is 54.7 Å². The molecule has 0 saturated carbocycles. The van der Waals surface area contributed by atoms with Gasteiger partial charge in [0, 0.05) is 43.4 Å². The molecule has 3 aromatic heterocycles. The van der Waals surface area contributed by atoms with E-state index in [9.17, 15) is 0 Å². The average molecular weight is 665 g/mol. The topological polar surface area (TPSA) is 207 Å². The first-order valence-corrected chi connectivity index (χ1v) is 13.8. The van der Waals surface area contributed by atoms with Crippen LogP contribution in [0.3, 0.4) is 0 Å². The van der Waals surface area contributed by atoms with Gasteiger partial charge in [0.25, 0.3) is 0 Å². The van der Waals surface area contributed by atoms with Crippen molar-refractivity contribution in [3.8, 4) is 22.5 Å². The Labute approximate surface area is 267 Å². The van der Waals surface area contributed by atoms with Crippen LogP contribution in [-0.4, -0.2) is 26.3 Å². The molecule has 5 rings (SSSR count). The van der Waals surface area contributed by atoms with Crippen LogP contribution in [0, 0.1) is 10.2 Å². The van der Waals surface area contributed by atoms with E-state index in [-0.39, 0.29) is 22.0 Å². The molecule has 3 N–H and O–H groups in total. The van der Waals surface area contributed by atoms with Gasteiger partial charge in [0.05, 0.1) is 28.5 Å². The average Bonchev–Trinajstić information content (AvgIpc) is 2.98. The third-order valence-corrected chi connectivity index (χ3v) is 5.64. The Bertz CT molecular complexity index is 1410. The summed E-state index contributed by atoms with van der Waals surface area (Å²) in [6.45, 7) is 1.62. The molecule has 0 atom stereocenters. The van der Waals surface area contributed by atoms with Gasteiger partial charge in [-0.2, -0.15) is 0 Å². The third-order valence-electron chi connectivity index (χ3n) is 5.64. The van der Waals surface area contributed by atoms with E-state index in [0.717, 1.165) is 46.1 Å². The number of rotatable bonds is 8. The molecule has 0 unspecified atom stereocenters. The van der Waals surface area contributed by atoms with E-state index in [0.29, 0.717) is 13.1 Å². The van der Waals surface area contributed by atoms with Crippen LogP contribution >= 0.6 is 0 Å². The maximum Gasteiger partial charge on any atom is 3.00 e. The Balaban J connectivity index is 0.000000869. The van der Waals surface area contributed by atoms with Gasteiger partial charge in [-0.25, -0.2) is 18.6 Å². The molecule has 3 heterocycles. The summed E-state index contributed by atoms with van der Waals surface area (Å²) in [7, 11) is -4.94. The summed E-state index contributed by atoms with van der Waals surface area (Å²) in [5, 5.41) is 8.25. The van der Waals surface area contributed by atoms with Crippen LogP contribution in [0.1, 0.15) is 17.1 Å². The van der Waals surface area contributed by atoms with Crippen LogP contribution in [-0.2, 0) is 46.4 Å². The Morgan fingerprint density at radius 3 is 1.34 bits per heavy atom. The maximum atomic E-state index is 8.49. The van der Waals surface area contributed by atoms with E-state index < -0.39 is 16.7 Å². The van der Waals surface area contributed by atoms with Gasteiger partial charge < -0.3 is 15.4 Å². The molecule has 0 spiro atoms. The molecule has 0 aliphatic rings. The summed E-state index contributed by atoms with van der Waals surface area (Å²) in [6.07, 6.45) is 1.84. The number of hydrogen-bond donors (Lipinski definition) is 0. The predicted octanol–water partition coefficient (Wildman–Crippen LogP) is -0.906. The largest absolute Gasteiger partial charge is 3.00 e. The number of hydrogen-bond acceptors (Lipinski definition) is 10. The number of aromatic nitrogens is 3. The molecule has 0 fully saturated rings. The van der Waals surface area contributed by atoms with E-state index in [1.165, 1.54) is 0 Å². The zero-order valence-corrected chi connectivity index (χ0v) is 25.0. The number of nitrogens with zero attached hydrogens (tertiary/aromatic N) is 4. The number of halogens is 1. The summed E-state index contributed by atoms with van der Waals surface area (Å²) in [5.74, 6) is 0. The molecule has 1 radical (unpaired) electrons. The minimum Gasteiger partial charge on any atom is -0.554 e. The van der Waals surface area contributed by atoms with Crippen LogP contribution in [0.15, 0.2) is 121 Å². The number of benzene rings is 2. The minimum absolute atomic E-state index is 0. The van der Waals surface area contributed by atoms with Gasteiger partial charge >= 0.3 is 16.5 Å². The Kier molecular flexibility index (Phi) is 17.2. The second kappa shape index (κ2) is 20.0. The van der Waals surface area contributed by atoms with E-state index >= 15 is 0 Å². The zero-order valence-electron chi connectivity index (χ0n) is 23.3. The van der Waals surface area contributed by atoms with Gasteiger partial charge in [-0.05, 0) is 36.4 Å². The van der Waals surface area contributed by atoms with E-state index in [2.05, 4.69) is 76.6 Å². The Morgan fingerprint density at radius 2 is 0.955 bits per heavy atom. The fraction of sp³-hybridized carbons (Fsp3) is 0.0968. The predicted molar refractivity (Wildman–Crippen MR) is 147 cm³/mol. The Hall–Kier alpha value is -4.10. The van der Waals surface area contributed by atoms with Gasteiger partial charge in [-0.3, -0.25) is 19.9 Å². The van der Waals surface area contributed by atoms with Crippen molar-refractivity contribution >= 4 is 6.47 Å². The molecule has 5 aromatic rings. The van der Waals surface area contributed by atoms with Crippen LogP contribution in [0.5, 0.6) is 0 Å². The molecule has 0 saturated heterocycles. The molecule has 0 bridgehead atoms. The van der Waals surface area contributed by atoms with Gasteiger partial charge in [0.2, 0.25) is 0 Å². The fourth-order valence-corrected chi connectivity index (χ4v) is 4.02. The van der Waals surface area contributed by atoms with Crippen LogP contribution < -0.4 is 23.7 Å². The van der Waals surface area contributed by atoms with Crippen molar-refractivity contribution < 1.29 is 60.7 Å². The standard InChI is InChI=1S/C30H26N4.CH2O2.ClHO4.Ni.H2O/c1-3-11-24(12-4-1)29-18-9-16-27(32-29)22-34(21-26-15-7-8-20-31-26)23-28-17-10-19-30(33-28)25-13-5-2-6-14-25;2-1-3;2-1(3,4)5;;/h1-20H,21-23H2;1H,(H,2,3);(H,2,3,4,5);;1H2/q;;;+3;/p-1. The zero-order chi connectivity index (χ0) is 30.2. The second-order valence-corrected chi connectivity index (χ2v) is 9.46. The number of carbonyl (C=O) groups excluding carboxylic acids is 1. The third kappa shape index (κ3) is 14.4. The van der Waals surface area contributed by atoms with Gasteiger partial charge in [-0.15, -0.1) is 10.2 Å².